The van der Waals surface area contributed by atoms with Crippen LogP contribution in [0.15, 0.2) is 0 Å². The van der Waals surface area contributed by atoms with Crippen LogP contribution < -0.4 is 0 Å². The maximum atomic E-state index is 2.52. The van der Waals surface area contributed by atoms with Crippen molar-refractivity contribution in [3.63, 3.8) is 0 Å². The molecule has 0 heterocycles. The Kier molecular flexibility index (Phi) is 4.88. The van der Waals surface area contributed by atoms with Crippen LogP contribution >= 0.6 is 0 Å². The molecule has 0 aliphatic heterocycles. The molecule has 0 amide bonds. The quantitative estimate of drug-likeness (QED) is 0.589. The highest BCUT2D eigenvalue weighted by Crippen LogP contribution is 2.49. The molecule has 3 atom stereocenters. The van der Waals surface area contributed by atoms with Gasteiger partial charge in [0, 0.05) is 0 Å². The van der Waals surface area contributed by atoms with Crippen molar-refractivity contribution in [2.75, 3.05) is 0 Å². The van der Waals surface area contributed by atoms with E-state index >= 15 is 0 Å². The molecule has 0 nitrogen and oxygen atoms in total. The third-order valence-corrected chi connectivity index (χ3v) is 5.17. The van der Waals surface area contributed by atoms with Crippen molar-refractivity contribution in [3.05, 3.63) is 0 Å². The first kappa shape index (κ1) is 14.1. The van der Waals surface area contributed by atoms with Crippen LogP contribution in [-0.4, -0.2) is 0 Å². The average Bonchev–Trinajstić information content (AvgIpc) is 2.20. The molecule has 0 N–H and O–H groups in total. The van der Waals surface area contributed by atoms with E-state index < -0.39 is 0 Å². The Bertz CT molecular complexity index is 204. The fourth-order valence-corrected chi connectivity index (χ4v) is 3.54. The number of hydrogen-bond donors (Lipinski definition) is 0. The standard InChI is InChI=1S/C16H32/c1-7-14-11-16(6,13(4)5)9-8-15(14)10-12(2)3/h12-15H,7-11H2,1-6H3. The SMILES string of the molecule is CCC1CC(C)(C(C)C)CCC1CC(C)C. The Balaban J connectivity index is 2.63. The van der Waals surface area contributed by atoms with Crippen molar-refractivity contribution < 1.29 is 0 Å². The molecule has 3 unspecified atom stereocenters. The zero-order valence-corrected chi connectivity index (χ0v) is 12.3. The molecule has 0 spiro atoms. The molecular formula is C16H32. The molecule has 0 aromatic heterocycles. The first-order valence-corrected chi connectivity index (χ1v) is 7.39. The largest absolute Gasteiger partial charge is 0.0651 e. The van der Waals surface area contributed by atoms with Gasteiger partial charge in [0.15, 0.2) is 0 Å². The summed E-state index contributed by atoms with van der Waals surface area (Å²) in [4.78, 5) is 0. The maximum Gasteiger partial charge on any atom is -0.0300 e. The molecule has 1 saturated carbocycles. The van der Waals surface area contributed by atoms with E-state index in [-0.39, 0.29) is 0 Å². The molecule has 0 bridgehead atoms. The third-order valence-electron chi connectivity index (χ3n) is 5.17. The Hall–Kier alpha value is 0. The van der Waals surface area contributed by atoms with E-state index in [1.807, 2.05) is 0 Å². The molecule has 1 aliphatic rings. The van der Waals surface area contributed by atoms with E-state index in [0.29, 0.717) is 5.41 Å². The van der Waals surface area contributed by atoms with Gasteiger partial charge in [0.1, 0.15) is 0 Å². The Morgan fingerprint density at radius 1 is 1.12 bits per heavy atom. The van der Waals surface area contributed by atoms with Crippen molar-refractivity contribution in [2.45, 2.75) is 73.6 Å². The molecular weight excluding hydrogens is 192 g/mol. The van der Waals surface area contributed by atoms with E-state index in [4.69, 9.17) is 0 Å². The van der Waals surface area contributed by atoms with E-state index in [1.54, 1.807) is 0 Å². The van der Waals surface area contributed by atoms with Crippen molar-refractivity contribution in [2.24, 2.45) is 29.1 Å². The minimum Gasteiger partial charge on any atom is -0.0651 e. The Morgan fingerprint density at radius 3 is 2.19 bits per heavy atom. The van der Waals surface area contributed by atoms with E-state index in [1.165, 1.54) is 32.1 Å². The molecule has 1 aliphatic carbocycles. The molecule has 0 aromatic rings. The van der Waals surface area contributed by atoms with Crippen molar-refractivity contribution in [1.82, 2.24) is 0 Å². The van der Waals surface area contributed by atoms with E-state index in [2.05, 4.69) is 41.5 Å². The number of rotatable bonds is 4. The fraction of sp³-hybridized carbons (Fsp3) is 1.00. The van der Waals surface area contributed by atoms with Gasteiger partial charge in [0.25, 0.3) is 0 Å². The molecule has 0 saturated heterocycles. The van der Waals surface area contributed by atoms with Crippen LogP contribution in [0, 0.1) is 29.1 Å². The second-order valence-corrected chi connectivity index (χ2v) is 7.11. The lowest BCUT2D eigenvalue weighted by molar-refractivity contribution is 0.0502. The monoisotopic (exact) mass is 224 g/mol. The fourth-order valence-electron chi connectivity index (χ4n) is 3.54. The molecule has 96 valence electrons. The second-order valence-electron chi connectivity index (χ2n) is 7.11. The highest BCUT2D eigenvalue weighted by Gasteiger charge is 2.38. The van der Waals surface area contributed by atoms with Gasteiger partial charge in [0.05, 0.1) is 0 Å². The van der Waals surface area contributed by atoms with Gasteiger partial charge in [-0.25, -0.2) is 0 Å². The van der Waals surface area contributed by atoms with Gasteiger partial charge in [-0.15, -0.1) is 0 Å². The molecule has 1 fully saturated rings. The minimum atomic E-state index is 0.619. The van der Waals surface area contributed by atoms with Crippen LogP contribution in [0.25, 0.3) is 0 Å². The molecule has 0 radical (unpaired) electrons. The van der Waals surface area contributed by atoms with Gasteiger partial charge >= 0.3 is 0 Å². The summed E-state index contributed by atoms with van der Waals surface area (Å²) in [5.74, 6) is 3.73. The summed E-state index contributed by atoms with van der Waals surface area (Å²) in [7, 11) is 0. The summed E-state index contributed by atoms with van der Waals surface area (Å²) in [6.07, 6.45) is 7.24. The van der Waals surface area contributed by atoms with Crippen LogP contribution in [0.2, 0.25) is 0 Å². The van der Waals surface area contributed by atoms with Crippen LogP contribution in [0.3, 0.4) is 0 Å². The van der Waals surface area contributed by atoms with Gasteiger partial charge in [0.2, 0.25) is 0 Å². The molecule has 1 rings (SSSR count). The van der Waals surface area contributed by atoms with Crippen molar-refractivity contribution in [1.29, 1.82) is 0 Å². The molecule has 0 heteroatoms. The van der Waals surface area contributed by atoms with Crippen molar-refractivity contribution >= 4 is 0 Å². The highest BCUT2D eigenvalue weighted by molar-refractivity contribution is 4.89. The lowest BCUT2D eigenvalue weighted by atomic mass is 9.60. The first-order chi connectivity index (χ1) is 7.39. The third kappa shape index (κ3) is 3.25. The van der Waals surface area contributed by atoms with Crippen LogP contribution in [-0.2, 0) is 0 Å². The maximum absolute atomic E-state index is 2.52. The summed E-state index contributed by atoms with van der Waals surface area (Å²) < 4.78 is 0. The normalized spacial score (nSPS) is 36.0. The second kappa shape index (κ2) is 5.56. The smallest absolute Gasteiger partial charge is 0.0300 e. The van der Waals surface area contributed by atoms with Crippen LogP contribution in [0.1, 0.15) is 73.6 Å². The Labute approximate surface area is 103 Å². The van der Waals surface area contributed by atoms with Gasteiger partial charge in [-0.2, -0.15) is 0 Å². The van der Waals surface area contributed by atoms with Gasteiger partial charge in [-0.05, 0) is 54.8 Å². The van der Waals surface area contributed by atoms with Crippen LogP contribution in [0.5, 0.6) is 0 Å². The average molecular weight is 224 g/mol. The minimum absolute atomic E-state index is 0.619. The number of hydrogen-bond acceptors (Lipinski definition) is 0. The van der Waals surface area contributed by atoms with Crippen molar-refractivity contribution in [3.8, 4) is 0 Å². The summed E-state index contributed by atoms with van der Waals surface area (Å²) in [6.45, 7) is 14.5. The zero-order valence-electron chi connectivity index (χ0n) is 12.3. The summed E-state index contributed by atoms with van der Waals surface area (Å²) >= 11 is 0. The van der Waals surface area contributed by atoms with Gasteiger partial charge < -0.3 is 0 Å². The Morgan fingerprint density at radius 2 is 1.75 bits per heavy atom. The lowest BCUT2D eigenvalue weighted by Crippen LogP contribution is -2.35. The molecule has 16 heavy (non-hydrogen) atoms. The highest BCUT2D eigenvalue weighted by atomic mass is 14.4. The summed E-state index contributed by atoms with van der Waals surface area (Å²) in [5.41, 5.74) is 0.619. The first-order valence-electron chi connectivity index (χ1n) is 7.39. The predicted octanol–water partition coefficient (Wildman–Crippen LogP) is 5.52. The van der Waals surface area contributed by atoms with E-state index in [0.717, 1.165) is 23.7 Å². The van der Waals surface area contributed by atoms with E-state index in [9.17, 15) is 0 Å². The van der Waals surface area contributed by atoms with Gasteiger partial charge in [-0.3, -0.25) is 0 Å². The topological polar surface area (TPSA) is 0 Å². The van der Waals surface area contributed by atoms with Crippen LogP contribution in [0.4, 0.5) is 0 Å². The summed E-state index contributed by atoms with van der Waals surface area (Å²) in [6, 6.07) is 0. The van der Waals surface area contributed by atoms with Gasteiger partial charge in [-0.1, -0.05) is 48.0 Å². The lowest BCUT2D eigenvalue weighted by Gasteiger charge is -2.45. The summed E-state index contributed by atoms with van der Waals surface area (Å²) in [5, 5.41) is 0. The zero-order chi connectivity index (χ0) is 12.3. The predicted molar refractivity (Wildman–Crippen MR) is 73.5 cm³/mol. The molecule has 0 aromatic carbocycles.